The van der Waals surface area contributed by atoms with Crippen LogP contribution in [0.1, 0.15) is 65.5 Å². The summed E-state index contributed by atoms with van der Waals surface area (Å²) in [6, 6.07) is 8.03. The molecular formula is C23H24FNO4. The minimum absolute atomic E-state index is 0.0753. The van der Waals surface area contributed by atoms with Gasteiger partial charge in [-0.15, -0.1) is 0 Å². The van der Waals surface area contributed by atoms with E-state index in [1.165, 1.54) is 30.5 Å². The molecule has 5 nitrogen and oxygen atoms in total. The van der Waals surface area contributed by atoms with Crippen LogP contribution in [0.2, 0.25) is 0 Å². The number of likely N-dealkylation sites (tertiary alicyclic amines) is 1. The molecule has 1 aliphatic carbocycles. The second-order valence-corrected chi connectivity index (χ2v) is 8.11. The Kier molecular flexibility index (Phi) is 5.35. The molecule has 2 fully saturated rings. The maximum absolute atomic E-state index is 13.3. The Labute approximate surface area is 168 Å². The summed E-state index contributed by atoms with van der Waals surface area (Å²) in [6.07, 6.45) is 5.89. The molecule has 1 aliphatic heterocycles. The third-order valence-electron chi connectivity index (χ3n) is 6.01. The Morgan fingerprint density at radius 1 is 1.14 bits per heavy atom. The molecule has 2 aliphatic rings. The van der Waals surface area contributed by atoms with Gasteiger partial charge in [0.05, 0.1) is 0 Å². The van der Waals surface area contributed by atoms with Crippen LogP contribution in [0.15, 0.2) is 34.7 Å². The highest BCUT2D eigenvalue weighted by molar-refractivity contribution is 6.43. The van der Waals surface area contributed by atoms with E-state index in [1.807, 2.05) is 6.07 Å². The topological polar surface area (TPSA) is 67.6 Å². The largest absolute Gasteiger partial charge is 0.457 e. The van der Waals surface area contributed by atoms with Gasteiger partial charge in [-0.25, -0.2) is 4.39 Å². The van der Waals surface area contributed by atoms with E-state index in [0.717, 1.165) is 37.0 Å². The van der Waals surface area contributed by atoms with E-state index in [1.54, 1.807) is 12.1 Å². The first-order valence-electron chi connectivity index (χ1n) is 10.1. The van der Waals surface area contributed by atoms with Crippen molar-refractivity contribution in [3.8, 4) is 0 Å². The smallest absolute Gasteiger partial charge is 0.290 e. The maximum Gasteiger partial charge on any atom is 0.290 e. The van der Waals surface area contributed by atoms with Crippen LogP contribution in [0.25, 0.3) is 0 Å². The lowest BCUT2D eigenvalue weighted by Gasteiger charge is -2.19. The van der Waals surface area contributed by atoms with Crippen LogP contribution in [-0.4, -0.2) is 36.0 Å². The van der Waals surface area contributed by atoms with E-state index < -0.39 is 23.4 Å². The van der Waals surface area contributed by atoms with Crippen LogP contribution in [-0.2, 0) is 16.0 Å². The van der Waals surface area contributed by atoms with Crippen molar-refractivity contribution in [3.63, 3.8) is 0 Å². The van der Waals surface area contributed by atoms with Crippen molar-refractivity contribution in [1.82, 2.24) is 4.90 Å². The second kappa shape index (κ2) is 7.93. The molecule has 1 unspecified atom stereocenters. The Balaban J connectivity index is 1.67. The van der Waals surface area contributed by atoms with Crippen molar-refractivity contribution in [2.75, 3.05) is 13.6 Å². The van der Waals surface area contributed by atoms with Crippen LogP contribution < -0.4 is 0 Å². The first-order valence-corrected chi connectivity index (χ1v) is 10.1. The first-order chi connectivity index (χ1) is 13.9. The summed E-state index contributed by atoms with van der Waals surface area (Å²) in [5.41, 5.74) is 1.54. The number of ketones is 2. The molecule has 152 valence electrons. The van der Waals surface area contributed by atoms with Crippen molar-refractivity contribution >= 4 is 17.5 Å². The third kappa shape index (κ3) is 3.88. The average molecular weight is 397 g/mol. The van der Waals surface area contributed by atoms with Crippen LogP contribution >= 0.6 is 0 Å². The predicted molar refractivity (Wildman–Crippen MR) is 104 cm³/mol. The molecule has 2 heterocycles. The van der Waals surface area contributed by atoms with Gasteiger partial charge >= 0.3 is 0 Å². The fourth-order valence-electron chi connectivity index (χ4n) is 4.34. The van der Waals surface area contributed by atoms with Crippen molar-refractivity contribution in [3.05, 3.63) is 58.8 Å². The van der Waals surface area contributed by atoms with Crippen LogP contribution in [0.3, 0.4) is 0 Å². The highest BCUT2D eigenvalue weighted by Gasteiger charge is 2.43. The molecule has 6 heteroatoms. The fourth-order valence-corrected chi connectivity index (χ4v) is 4.34. The highest BCUT2D eigenvalue weighted by Crippen LogP contribution is 2.36. The lowest BCUT2D eigenvalue weighted by molar-refractivity contribution is -0.139. The summed E-state index contributed by atoms with van der Waals surface area (Å²) in [7, 11) is 1.52. The van der Waals surface area contributed by atoms with Crippen molar-refractivity contribution < 1.29 is 23.2 Å². The van der Waals surface area contributed by atoms with E-state index >= 15 is 0 Å². The molecule has 1 amide bonds. The normalized spacial score (nSPS) is 20.5. The van der Waals surface area contributed by atoms with Crippen molar-refractivity contribution in [2.24, 2.45) is 5.92 Å². The van der Waals surface area contributed by atoms with E-state index in [-0.39, 0.29) is 24.0 Å². The van der Waals surface area contributed by atoms with Gasteiger partial charge in [0.15, 0.2) is 5.76 Å². The van der Waals surface area contributed by atoms with Gasteiger partial charge < -0.3 is 9.32 Å². The zero-order chi connectivity index (χ0) is 20.5. The molecule has 2 aromatic rings. The number of likely N-dealkylation sites (N-methyl/N-ethyl adjacent to an activating group) is 1. The molecule has 0 spiro atoms. The number of nitrogens with zero attached hydrogens (tertiary/aromatic N) is 1. The Bertz CT molecular complexity index is 940. The van der Waals surface area contributed by atoms with Gasteiger partial charge in [-0.2, -0.15) is 0 Å². The number of hydrogen-bond donors (Lipinski definition) is 0. The van der Waals surface area contributed by atoms with E-state index in [0.29, 0.717) is 12.0 Å². The molecule has 4 rings (SSSR count). The molecule has 1 aromatic carbocycles. The summed E-state index contributed by atoms with van der Waals surface area (Å²) in [4.78, 5) is 38.6. The summed E-state index contributed by atoms with van der Waals surface area (Å²) in [5.74, 6) is -1.90. The zero-order valence-electron chi connectivity index (χ0n) is 16.4. The number of Topliss-reactive ketones (excluding diaryl/α,β-unsaturated/α-hetero) is 2. The summed E-state index contributed by atoms with van der Waals surface area (Å²) < 4.78 is 19.3. The Morgan fingerprint density at radius 3 is 2.45 bits per heavy atom. The van der Waals surface area contributed by atoms with Crippen LogP contribution in [0.4, 0.5) is 4.39 Å². The van der Waals surface area contributed by atoms with Gasteiger partial charge in [0, 0.05) is 31.5 Å². The first kappa shape index (κ1) is 19.6. The number of rotatable bonds is 5. The Morgan fingerprint density at radius 2 is 1.83 bits per heavy atom. The lowest BCUT2D eigenvalue weighted by Crippen LogP contribution is -2.24. The van der Waals surface area contributed by atoms with Gasteiger partial charge in [0.2, 0.25) is 11.6 Å². The van der Waals surface area contributed by atoms with Crippen LogP contribution in [0, 0.1) is 11.7 Å². The van der Waals surface area contributed by atoms with Crippen molar-refractivity contribution in [1.29, 1.82) is 0 Å². The standard InChI is InChI=1S/C23H24FNO4/c1-25-13-18(21(27)23(25)28)20(26)22-16(11-14-7-9-17(24)10-8-14)12-19(29-22)15-5-3-2-4-6-15/h7-10,12,15,18H,2-6,11,13H2,1H3. The molecule has 29 heavy (non-hydrogen) atoms. The van der Waals surface area contributed by atoms with Crippen molar-refractivity contribution in [2.45, 2.75) is 44.4 Å². The van der Waals surface area contributed by atoms with Gasteiger partial charge in [-0.3, -0.25) is 14.4 Å². The van der Waals surface area contributed by atoms with E-state index in [2.05, 4.69) is 0 Å². The number of amides is 1. The SMILES string of the molecule is CN1CC(C(=O)c2oc(C3CCCCC3)cc2Cc2ccc(F)cc2)C(=O)C1=O. The molecule has 1 saturated heterocycles. The molecular weight excluding hydrogens is 373 g/mol. The summed E-state index contributed by atoms with van der Waals surface area (Å²) in [5, 5.41) is 0. The van der Waals surface area contributed by atoms with Gasteiger partial charge in [-0.1, -0.05) is 31.4 Å². The summed E-state index contributed by atoms with van der Waals surface area (Å²) in [6.45, 7) is 0.0753. The highest BCUT2D eigenvalue weighted by atomic mass is 19.1. The average Bonchev–Trinajstić information content (AvgIpc) is 3.26. The number of carbonyl (C=O) groups is 3. The van der Waals surface area contributed by atoms with E-state index in [4.69, 9.17) is 4.42 Å². The number of halogens is 1. The molecule has 0 N–H and O–H groups in total. The molecule has 1 atom stereocenters. The minimum Gasteiger partial charge on any atom is -0.457 e. The zero-order valence-corrected chi connectivity index (χ0v) is 16.4. The number of hydrogen-bond acceptors (Lipinski definition) is 4. The third-order valence-corrected chi connectivity index (χ3v) is 6.01. The van der Waals surface area contributed by atoms with E-state index in [9.17, 15) is 18.8 Å². The van der Waals surface area contributed by atoms with Gasteiger partial charge in [0.25, 0.3) is 5.91 Å². The minimum atomic E-state index is -1.02. The number of carbonyl (C=O) groups excluding carboxylic acids is 3. The Hall–Kier alpha value is -2.76. The van der Waals surface area contributed by atoms with Crippen LogP contribution in [0.5, 0.6) is 0 Å². The summed E-state index contributed by atoms with van der Waals surface area (Å²) >= 11 is 0. The lowest BCUT2D eigenvalue weighted by atomic mass is 9.87. The van der Waals surface area contributed by atoms with Gasteiger partial charge in [0.1, 0.15) is 17.5 Å². The number of benzene rings is 1. The molecule has 0 radical (unpaired) electrons. The fraction of sp³-hybridized carbons (Fsp3) is 0.435. The molecule has 1 saturated carbocycles. The predicted octanol–water partition coefficient (Wildman–Crippen LogP) is 3.90. The second-order valence-electron chi connectivity index (χ2n) is 8.11. The quantitative estimate of drug-likeness (QED) is 0.436. The molecule has 1 aromatic heterocycles. The maximum atomic E-state index is 13.3. The van der Waals surface area contributed by atoms with Gasteiger partial charge in [-0.05, 0) is 36.6 Å². The molecule has 0 bridgehead atoms. The monoisotopic (exact) mass is 397 g/mol. The number of furan rings is 1.